The number of hydrogen-bond acceptors (Lipinski definition) is 2. The third-order valence-electron chi connectivity index (χ3n) is 3.92. The van der Waals surface area contributed by atoms with Gasteiger partial charge in [-0.1, -0.05) is 35.9 Å². The van der Waals surface area contributed by atoms with Gasteiger partial charge in [0.1, 0.15) is 5.78 Å². The molecule has 1 aliphatic rings. The van der Waals surface area contributed by atoms with E-state index < -0.39 is 0 Å². The lowest BCUT2D eigenvalue weighted by molar-refractivity contribution is -0.118. The van der Waals surface area contributed by atoms with E-state index in [1.165, 1.54) is 0 Å². The second kappa shape index (κ2) is 5.93. The molecule has 0 aromatic heterocycles. The molecule has 22 heavy (non-hydrogen) atoms. The summed E-state index contributed by atoms with van der Waals surface area (Å²) in [5.74, 6) is 0.124. The van der Waals surface area contributed by atoms with Crippen LogP contribution in [0.15, 0.2) is 36.4 Å². The van der Waals surface area contributed by atoms with Gasteiger partial charge in [-0.25, -0.2) is 0 Å². The summed E-state index contributed by atoms with van der Waals surface area (Å²) in [5.41, 5.74) is 4.68. The number of anilines is 1. The van der Waals surface area contributed by atoms with E-state index in [1.54, 1.807) is 0 Å². The minimum absolute atomic E-state index is 0.00479. The van der Waals surface area contributed by atoms with Crippen molar-refractivity contribution in [1.29, 1.82) is 0 Å². The molecule has 0 unspecified atom stereocenters. The largest absolute Gasteiger partial charge is 0.326 e. The molecule has 2 aromatic carbocycles. The number of carbonyl (C=O) groups excluding carboxylic acids is 2. The molecule has 1 aliphatic heterocycles. The maximum Gasteiger partial charge on any atom is 0.228 e. The summed E-state index contributed by atoms with van der Waals surface area (Å²) in [6, 6.07) is 11.3. The predicted octanol–water partition coefficient (Wildman–Crippen LogP) is 3.50. The molecule has 1 amide bonds. The average molecular weight is 314 g/mol. The molecule has 0 fully saturated rings. The number of aryl methyl sites for hydroxylation is 1. The van der Waals surface area contributed by atoms with Gasteiger partial charge in [0.2, 0.25) is 5.91 Å². The van der Waals surface area contributed by atoms with E-state index in [2.05, 4.69) is 5.32 Å². The zero-order valence-corrected chi connectivity index (χ0v) is 13.0. The summed E-state index contributed by atoms with van der Waals surface area (Å²) < 4.78 is 0. The first-order valence-electron chi connectivity index (χ1n) is 7.20. The van der Waals surface area contributed by atoms with Crippen molar-refractivity contribution >= 4 is 29.0 Å². The van der Waals surface area contributed by atoms with Crippen molar-refractivity contribution in [3.63, 3.8) is 0 Å². The molecule has 0 aliphatic carbocycles. The van der Waals surface area contributed by atoms with Gasteiger partial charge in [-0.15, -0.1) is 0 Å². The van der Waals surface area contributed by atoms with Crippen LogP contribution in [0.2, 0.25) is 5.02 Å². The number of rotatable bonds is 4. The molecule has 0 bridgehead atoms. The number of benzene rings is 2. The van der Waals surface area contributed by atoms with Crippen LogP contribution in [0.5, 0.6) is 0 Å². The Morgan fingerprint density at radius 3 is 2.82 bits per heavy atom. The minimum atomic E-state index is 0.00479. The minimum Gasteiger partial charge on any atom is -0.326 e. The number of fused-ring (bicyclic) bond motifs is 1. The molecule has 0 spiro atoms. The third kappa shape index (κ3) is 3.04. The monoisotopic (exact) mass is 313 g/mol. The Bertz CT molecular complexity index is 747. The fraction of sp³-hybridized carbons (Fsp3) is 0.222. The second-order valence-corrected chi connectivity index (χ2v) is 6.05. The van der Waals surface area contributed by atoms with Gasteiger partial charge in [-0.3, -0.25) is 9.59 Å². The lowest BCUT2D eigenvalue weighted by Crippen LogP contribution is -2.08. The zero-order chi connectivity index (χ0) is 15.7. The van der Waals surface area contributed by atoms with Crippen LogP contribution in [0, 0.1) is 6.92 Å². The molecule has 0 atom stereocenters. The SMILES string of the molecule is Cc1cccc(Cl)c1CC(=O)Cc1ccc2c(c1)CC(=O)N2. The second-order valence-electron chi connectivity index (χ2n) is 5.64. The third-order valence-corrected chi connectivity index (χ3v) is 4.28. The van der Waals surface area contributed by atoms with Crippen LogP contribution >= 0.6 is 11.6 Å². The van der Waals surface area contributed by atoms with E-state index in [4.69, 9.17) is 11.6 Å². The van der Waals surface area contributed by atoms with E-state index >= 15 is 0 Å². The van der Waals surface area contributed by atoms with Gasteiger partial charge in [0.25, 0.3) is 0 Å². The highest BCUT2D eigenvalue weighted by Crippen LogP contribution is 2.25. The molecule has 1 heterocycles. The molecule has 3 rings (SSSR count). The van der Waals surface area contributed by atoms with Gasteiger partial charge in [0, 0.05) is 23.6 Å². The van der Waals surface area contributed by atoms with Gasteiger partial charge < -0.3 is 5.32 Å². The Balaban J connectivity index is 1.73. The zero-order valence-electron chi connectivity index (χ0n) is 12.3. The van der Waals surface area contributed by atoms with Gasteiger partial charge in [-0.05, 0) is 41.3 Å². The van der Waals surface area contributed by atoms with Gasteiger partial charge >= 0.3 is 0 Å². The molecule has 2 aromatic rings. The van der Waals surface area contributed by atoms with Crippen molar-refractivity contribution in [3.05, 3.63) is 63.7 Å². The molecule has 0 saturated carbocycles. The van der Waals surface area contributed by atoms with E-state index in [1.807, 2.05) is 43.3 Å². The Morgan fingerprint density at radius 1 is 1.23 bits per heavy atom. The van der Waals surface area contributed by atoms with Crippen LogP contribution in [-0.2, 0) is 28.9 Å². The summed E-state index contributed by atoms with van der Waals surface area (Å²) in [6.07, 6.45) is 1.08. The first-order valence-corrected chi connectivity index (χ1v) is 7.58. The maximum absolute atomic E-state index is 12.3. The molecule has 3 nitrogen and oxygen atoms in total. The molecule has 0 radical (unpaired) electrons. The molecular weight excluding hydrogens is 298 g/mol. The number of hydrogen-bond donors (Lipinski definition) is 1. The molecular formula is C18H16ClNO2. The van der Waals surface area contributed by atoms with E-state index in [9.17, 15) is 9.59 Å². The Labute approximate surface area is 134 Å². The predicted molar refractivity (Wildman–Crippen MR) is 87.4 cm³/mol. The number of halogens is 1. The smallest absolute Gasteiger partial charge is 0.228 e. The van der Waals surface area contributed by atoms with E-state index in [0.29, 0.717) is 24.3 Å². The summed E-state index contributed by atoms with van der Waals surface area (Å²) in [5, 5.41) is 3.43. The van der Waals surface area contributed by atoms with E-state index in [0.717, 1.165) is 27.9 Å². The number of amides is 1. The number of Topliss-reactive ketones (excluding diaryl/α,β-unsaturated/α-hetero) is 1. The Morgan fingerprint density at radius 2 is 2.05 bits per heavy atom. The maximum atomic E-state index is 12.3. The molecule has 4 heteroatoms. The van der Waals surface area contributed by atoms with E-state index in [-0.39, 0.29) is 11.7 Å². The van der Waals surface area contributed by atoms with Crippen molar-refractivity contribution in [2.24, 2.45) is 0 Å². The molecule has 112 valence electrons. The van der Waals surface area contributed by atoms with Gasteiger partial charge in [0.15, 0.2) is 0 Å². The van der Waals surface area contributed by atoms with Crippen LogP contribution < -0.4 is 5.32 Å². The number of nitrogens with one attached hydrogen (secondary N) is 1. The normalized spacial score (nSPS) is 12.9. The highest BCUT2D eigenvalue weighted by atomic mass is 35.5. The van der Waals surface area contributed by atoms with Gasteiger partial charge in [-0.2, -0.15) is 0 Å². The van der Waals surface area contributed by atoms with Crippen molar-refractivity contribution < 1.29 is 9.59 Å². The van der Waals surface area contributed by atoms with Crippen molar-refractivity contribution in [2.75, 3.05) is 5.32 Å². The lowest BCUT2D eigenvalue weighted by Gasteiger charge is -2.08. The first kappa shape index (κ1) is 14.8. The number of carbonyl (C=O) groups is 2. The highest BCUT2D eigenvalue weighted by molar-refractivity contribution is 6.31. The van der Waals surface area contributed by atoms with Crippen molar-refractivity contribution in [3.8, 4) is 0 Å². The molecule has 1 N–H and O–H groups in total. The van der Waals surface area contributed by atoms with Gasteiger partial charge in [0.05, 0.1) is 6.42 Å². The lowest BCUT2D eigenvalue weighted by atomic mass is 9.98. The highest BCUT2D eigenvalue weighted by Gasteiger charge is 2.18. The average Bonchev–Trinajstić information content (AvgIpc) is 2.82. The topological polar surface area (TPSA) is 46.2 Å². The standard InChI is InChI=1S/C18H16ClNO2/c1-11-3-2-4-16(19)15(11)10-14(21)8-12-5-6-17-13(7-12)9-18(22)20-17/h2-7H,8-10H2,1H3,(H,20,22). The summed E-state index contributed by atoms with van der Waals surface area (Å²) in [7, 11) is 0. The fourth-order valence-corrected chi connectivity index (χ4v) is 3.06. The van der Waals surface area contributed by atoms with Crippen molar-refractivity contribution in [1.82, 2.24) is 0 Å². The van der Waals surface area contributed by atoms with Crippen LogP contribution in [0.4, 0.5) is 5.69 Å². The summed E-state index contributed by atoms with van der Waals surface area (Å²) in [4.78, 5) is 23.7. The first-order chi connectivity index (χ1) is 10.5. The molecule has 0 saturated heterocycles. The fourth-order valence-electron chi connectivity index (χ4n) is 2.77. The van der Waals surface area contributed by atoms with Crippen LogP contribution in [0.25, 0.3) is 0 Å². The van der Waals surface area contributed by atoms with Crippen LogP contribution in [0.3, 0.4) is 0 Å². The number of ketones is 1. The van der Waals surface area contributed by atoms with Crippen LogP contribution in [-0.4, -0.2) is 11.7 Å². The van der Waals surface area contributed by atoms with Crippen LogP contribution in [0.1, 0.15) is 22.3 Å². The quantitative estimate of drug-likeness (QED) is 0.939. The Kier molecular flexibility index (Phi) is 3.99. The van der Waals surface area contributed by atoms with Crippen molar-refractivity contribution in [2.45, 2.75) is 26.2 Å². The summed E-state index contributed by atoms with van der Waals surface area (Å²) >= 11 is 6.17. The Hall–Kier alpha value is -2.13. The summed E-state index contributed by atoms with van der Waals surface area (Å²) in [6.45, 7) is 1.96.